The Morgan fingerprint density at radius 2 is 2.00 bits per heavy atom. The smallest absolute Gasteiger partial charge is 0.248 e. The number of amides is 2. The Hall–Kier alpha value is -3.67. The number of pyridine rings is 1. The highest BCUT2D eigenvalue weighted by Gasteiger charge is 2.64. The van der Waals surface area contributed by atoms with E-state index in [9.17, 15) is 18.4 Å². The van der Waals surface area contributed by atoms with Crippen LogP contribution in [0.1, 0.15) is 19.8 Å². The first kappa shape index (κ1) is 22.8. The lowest BCUT2D eigenvalue weighted by Gasteiger charge is -2.27. The zero-order valence-electron chi connectivity index (χ0n) is 19.0. The topological polar surface area (TPSA) is 119 Å². The highest BCUT2D eigenvalue weighted by Crippen LogP contribution is 2.59. The highest BCUT2D eigenvalue weighted by atomic mass is 79.9. The molecule has 0 unspecified atom stereocenters. The van der Waals surface area contributed by atoms with Gasteiger partial charge in [-0.3, -0.25) is 9.59 Å². The van der Waals surface area contributed by atoms with Gasteiger partial charge in [-0.15, -0.1) is 0 Å². The standard InChI is InChI=1S/C24H20BrF2N7O2/c1-24-7-15(23(36)32-18-4-2-3-17(25)31-18)34(16(24)8-24)19(35)9-33-14-6-13(27)12(26)5-11(14)20-21(28)29-10-30-22(20)33/h2-6,10,15-16H,7-9H2,1H3,(H2,28,29,30)(H,31,32,36)/t15-,16+,24-/m0/s1. The molecular formula is C24H20BrF2N7O2. The van der Waals surface area contributed by atoms with Crippen molar-refractivity contribution < 1.29 is 18.4 Å². The number of likely N-dealkylation sites (tertiary alicyclic amines) is 1. The average Bonchev–Trinajstić information content (AvgIpc) is 3.25. The number of piperidine rings is 1. The summed E-state index contributed by atoms with van der Waals surface area (Å²) in [6.45, 7) is 1.82. The number of aromatic nitrogens is 4. The lowest BCUT2D eigenvalue weighted by molar-refractivity contribution is -0.138. The number of nitrogens with zero attached hydrogens (tertiary/aromatic N) is 5. The first-order chi connectivity index (χ1) is 17.2. The predicted molar refractivity (Wildman–Crippen MR) is 132 cm³/mol. The molecule has 4 aromatic rings. The van der Waals surface area contributed by atoms with Crippen molar-refractivity contribution in [3.05, 3.63) is 52.9 Å². The number of benzene rings is 1. The molecule has 2 aliphatic rings. The molecule has 1 saturated carbocycles. The Kier molecular flexibility index (Phi) is 5.01. The van der Waals surface area contributed by atoms with Gasteiger partial charge in [0.2, 0.25) is 11.8 Å². The molecule has 36 heavy (non-hydrogen) atoms. The molecule has 1 aliphatic carbocycles. The molecule has 3 N–H and O–H groups in total. The van der Waals surface area contributed by atoms with Gasteiger partial charge in [0.05, 0.1) is 10.9 Å². The first-order valence-corrected chi connectivity index (χ1v) is 12.1. The highest BCUT2D eigenvalue weighted by molar-refractivity contribution is 9.10. The summed E-state index contributed by atoms with van der Waals surface area (Å²) in [4.78, 5) is 41.0. The fourth-order valence-electron chi connectivity index (χ4n) is 5.35. The number of nitrogens with one attached hydrogen (secondary N) is 1. The minimum Gasteiger partial charge on any atom is -0.383 e. The summed E-state index contributed by atoms with van der Waals surface area (Å²) in [6.07, 6.45) is 2.55. The minimum absolute atomic E-state index is 0.0850. The van der Waals surface area contributed by atoms with E-state index >= 15 is 0 Å². The second-order valence-corrected chi connectivity index (χ2v) is 10.4. The number of nitrogens with two attached hydrogens (primary N) is 1. The summed E-state index contributed by atoms with van der Waals surface area (Å²) in [5.41, 5.74) is 6.43. The number of rotatable bonds is 4. The van der Waals surface area contributed by atoms with E-state index in [1.54, 1.807) is 23.1 Å². The zero-order chi connectivity index (χ0) is 25.4. The summed E-state index contributed by atoms with van der Waals surface area (Å²) in [7, 11) is 0. The summed E-state index contributed by atoms with van der Waals surface area (Å²) in [5.74, 6) is -2.28. The molecule has 0 radical (unpaired) electrons. The molecule has 3 atom stereocenters. The maximum atomic E-state index is 14.2. The van der Waals surface area contributed by atoms with Crippen molar-refractivity contribution in [2.75, 3.05) is 11.1 Å². The van der Waals surface area contributed by atoms with Crippen LogP contribution in [0.4, 0.5) is 20.4 Å². The van der Waals surface area contributed by atoms with Gasteiger partial charge in [0.15, 0.2) is 11.6 Å². The van der Waals surface area contributed by atoms with Crippen molar-refractivity contribution in [1.82, 2.24) is 24.4 Å². The van der Waals surface area contributed by atoms with Crippen LogP contribution in [-0.4, -0.2) is 48.3 Å². The minimum atomic E-state index is -1.06. The van der Waals surface area contributed by atoms with Crippen molar-refractivity contribution in [2.45, 2.75) is 38.4 Å². The van der Waals surface area contributed by atoms with Crippen molar-refractivity contribution >= 4 is 61.3 Å². The quantitative estimate of drug-likeness (QED) is 0.371. The van der Waals surface area contributed by atoms with E-state index in [2.05, 4.69) is 43.1 Å². The lowest BCUT2D eigenvalue weighted by Crippen LogP contribution is -2.46. The van der Waals surface area contributed by atoms with E-state index in [1.807, 2.05) is 0 Å². The summed E-state index contributed by atoms with van der Waals surface area (Å²) >= 11 is 3.28. The molecule has 6 rings (SSSR count). The van der Waals surface area contributed by atoms with Gasteiger partial charge in [0.1, 0.15) is 40.8 Å². The number of hydrogen-bond donors (Lipinski definition) is 2. The average molecular weight is 556 g/mol. The number of fused-ring (bicyclic) bond motifs is 4. The number of carbonyl (C=O) groups excluding carboxylic acids is 2. The largest absolute Gasteiger partial charge is 0.383 e. The Morgan fingerprint density at radius 3 is 2.78 bits per heavy atom. The second kappa shape index (κ2) is 7.92. The monoisotopic (exact) mass is 555 g/mol. The van der Waals surface area contributed by atoms with Crippen LogP contribution >= 0.6 is 15.9 Å². The molecule has 0 bridgehead atoms. The molecule has 2 amide bonds. The predicted octanol–water partition coefficient (Wildman–Crippen LogP) is 3.62. The van der Waals surface area contributed by atoms with Gasteiger partial charge in [-0.1, -0.05) is 13.0 Å². The number of carbonyl (C=O) groups is 2. The molecule has 1 aliphatic heterocycles. The third-order valence-corrected chi connectivity index (χ3v) is 7.64. The molecule has 3 aromatic heterocycles. The van der Waals surface area contributed by atoms with Gasteiger partial charge >= 0.3 is 0 Å². The molecule has 184 valence electrons. The molecule has 1 saturated heterocycles. The zero-order valence-corrected chi connectivity index (χ0v) is 20.6. The van der Waals surface area contributed by atoms with Gasteiger partial charge < -0.3 is 20.5 Å². The summed E-state index contributed by atoms with van der Waals surface area (Å²) < 4.78 is 30.4. The van der Waals surface area contributed by atoms with Crippen LogP contribution in [0.15, 0.2) is 41.3 Å². The number of halogens is 3. The van der Waals surface area contributed by atoms with Crippen molar-refractivity contribution in [3.8, 4) is 0 Å². The molecule has 1 aromatic carbocycles. The number of nitrogen functional groups attached to an aromatic ring is 1. The van der Waals surface area contributed by atoms with E-state index in [0.717, 1.165) is 18.6 Å². The van der Waals surface area contributed by atoms with Crippen molar-refractivity contribution in [2.24, 2.45) is 5.41 Å². The van der Waals surface area contributed by atoms with Crippen molar-refractivity contribution in [1.29, 1.82) is 0 Å². The molecule has 0 spiro atoms. The molecule has 12 heteroatoms. The normalized spacial score (nSPS) is 22.7. The van der Waals surface area contributed by atoms with Crippen LogP contribution in [0.5, 0.6) is 0 Å². The Balaban J connectivity index is 1.36. The Bertz CT molecular complexity index is 1590. The van der Waals surface area contributed by atoms with Gasteiger partial charge in [0, 0.05) is 17.5 Å². The lowest BCUT2D eigenvalue weighted by atomic mass is 10.0. The van der Waals surface area contributed by atoms with Crippen LogP contribution < -0.4 is 11.1 Å². The maximum absolute atomic E-state index is 14.2. The third-order valence-electron chi connectivity index (χ3n) is 7.20. The molecule has 2 fully saturated rings. The van der Waals surface area contributed by atoms with Gasteiger partial charge in [-0.05, 0) is 52.4 Å². The Labute approximate surface area is 211 Å². The molecular weight excluding hydrogens is 536 g/mol. The van der Waals surface area contributed by atoms with E-state index in [0.29, 0.717) is 27.6 Å². The van der Waals surface area contributed by atoms with Gasteiger partial charge in [-0.2, -0.15) is 0 Å². The van der Waals surface area contributed by atoms with E-state index in [1.165, 1.54) is 10.9 Å². The Morgan fingerprint density at radius 1 is 1.22 bits per heavy atom. The van der Waals surface area contributed by atoms with Crippen LogP contribution in [-0.2, 0) is 16.1 Å². The van der Waals surface area contributed by atoms with E-state index in [4.69, 9.17) is 5.73 Å². The maximum Gasteiger partial charge on any atom is 0.248 e. The second-order valence-electron chi connectivity index (χ2n) is 9.56. The fraction of sp³-hybridized carbons (Fsp3) is 0.292. The molecule has 4 heterocycles. The molecule has 9 nitrogen and oxygen atoms in total. The van der Waals surface area contributed by atoms with Crippen LogP contribution in [0.2, 0.25) is 0 Å². The van der Waals surface area contributed by atoms with Gasteiger partial charge in [-0.25, -0.2) is 23.7 Å². The third kappa shape index (κ3) is 3.50. The summed E-state index contributed by atoms with van der Waals surface area (Å²) in [6, 6.07) is 6.44. The number of hydrogen-bond acceptors (Lipinski definition) is 6. The number of anilines is 2. The SMILES string of the molecule is C[C@@]12C[C@@H](C(=O)Nc3cccc(Br)n3)N(C(=O)Cn3c4cc(F)c(F)cc4c4c(N)ncnc43)[C@@H]1C2. The van der Waals surface area contributed by atoms with Gasteiger partial charge in [0.25, 0.3) is 0 Å². The fourth-order valence-corrected chi connectivity index (χ4v) is 5.69. The van der Waals surface area contributed by atoms with E-state index in [-0.39, 0.29) is 46.8 Å². The van der Waals surface area contributed by atoms with Crippen molar-refractivity contribution in [3.63, 3.8) is 0 Å². The van der Waals surface area contributed by atoms with Crippen LogP contribution in [0.25, 0.3) is 21.9 Å². The van der Waals surface area contributed by atoms with Crippen LogP contribution in [0.3, 0.4) is 0 Å². The first-order valence-electron chi connectivity index (χ1n) is 11.3. The van der Waals surface area contributed by atoms with E-state index < -0.39 is 17.7 Å². The summed E-state index contributed by atoms with van der Waals surface area (Å²) in [5, 5.41) is 3.45. The van der Waals surface area contributed by atoms with Crippen LogP contribution in [0, 0.1) is 17.0 Å².